The van der Waals surface area contributed by atoms with Crippen LogP contribution in [0.3, 0.4) is 0 Å². The number of hydrogen-bond donors (Lipinski definition) is 2. The van der Waals surface area contributed by atoms with Crippen molar-refractivity contribution in [2.45, 2.75) is 32.4 Å². The van der Waals surface area contributed by atoms with E-state index in [1.807, 2.05) is 0 Å². The average molecular weight is 382 g/mol. The Labute approximate surface area is 152 Å². The second-order valence-electron chi connectivity index (χ2n) is 6.61. The number of nitrogen functional groups attached to an aromatic ring is 1. The standard InChI is InChI=1S/C17H23FN4O3S/c1-12(21-26(23,24)9-8-22-7-6-17(19)20-22)14-4-5-15(18)16(10-14)25-11-13-2-3-13/h4-7,10,12-13,21H,2-3,8-9,11H2,1H3,(H2,19,20). The highest BCUT2D eigenvalue weighted by molar-refractivity contribution is 7.89. The molecule has 1 aliphatic carbocycles. The van der Waals surface area contributed by atoms with Crippen LogP contribution >= 0.6 is 0 Å². The van der Waals surface area contributed by atoms with Gasteiger partial charge in [0.1, 0.15) is 5.82 Å². The zero-order valence-corrected chi connectivity index (χ0v) is 15.4. The van der Waals surface area contributed by atoms with Crippen molar-refractivity contribution in [3.05, 3.63) is 41.8 Å². The van der Waals surface area contributed by atoms with Crippen molar-refractivity contribution >= 4 is 15.8 Å². The monoisotopic (exact) mass is 382 g/mol. The number of nitrogens with one attached hydrogen (secondary N) is 1. The first-order valence-corrected chi connectivity index (χ1v) is 10.2. The van der Waals surface area contributed by atoms with Crippen LogP contribution in [0.25, 0.3) is 0 Å². The van der Waals surface area contributed by atoms with Crippen LogP contribution in [0.4, 0.5) is 10.2 Å². The second kappa shape index (κ2) is 7.63. The molecule has 1 fully saturated rings. The first kappa shape index (κ1) is 18.7. The molecule has 0 aliphatic heterocycles. The molecule has 1 heterocycles. The van der Waals surface area contributed by atoms with Crippen molar-refractivity contribution in [3.63, 3.8) is 0 Å². The van der Waals surface area contributed by atoms with Gasteiger partial charge >= 0.3 is 0 Å². The molecule has 26 heavy (non-hydrogen) atoms. The Morgan fingerprint density at radius 2 is 2.19 bits per heavy atom. The van der Waals surface area contributed by atoms with E-state index in [-0.39, 0.29) is 18.0 Å². The van der Waals surface area contributed by atoms with Crippen LogP contribution in [0.5, 0.6) is 5.75 Å². The van der Waals surface area contributed by atoms with Crippen LogP contribution in [0.2, 0.25) is 0 Å². The van der Waals surface area contributed by atoms with E-state index in [2.05, 4.69) is 9.82 Å². The van der Waals surface area contributed by atoms with Crippen molar-refractivity contribution in [2.24, 2.45) is 5.92 Å². The van der Waals surface area contributed by atoms with Gasteiger partial charge in [0.25, 0.3) is 0 Å². The molecule has 0 saturated heterocycles. The second-order valence-corrected chi connectivity index (χ2v) is 8.48. The third-order valence-electron chi connectivity index (χ3n) is 4.23. The lowest BCUT2D eigenvalue weighted by atomic mass is 10.1. The minimum Gasteiger partial charge on any atom is -0.490 e. The summed E-state index contributed by atoms with van der Waals surface area (Å²) < 4.78 is 48.0. The highest BCUT2D eigenvalue weighted by Crippen LogP contribution is 2.31. The molecule has 2 aromatic rings. The molecule has 0 amide bonds. The van der Waals surface area contributed by atoms with Gasteiger partial charge < -0.3 is 10.5 Å². The van der Waals surface area contributed by atoms with Gasteiger partial charge in [0, 0.05) is 12.2 Å². The van der Waals surface area contributed by atoms with Gasteiger partial charge in [0.2, 0.25) is 10.0 Å². The molecule has 7 nitrogen and oxygen atoms in total. The number of aromatic nitrogens is 2. The van der Waals surface area contributed by atoms with Crippen LogP contribution in [-0.2, 0) is 16.6 Å². The largest absolute Gasteiger partial charge is 0.490 e. The van der Waals surface area contributed by atoms with E-state index in [1.54, 1.807) is 31.3 Å². The molecule has 1 unspecified atom stereocenters. The Kier molecular flexibility index (Phi) is 5.47. The van der Waals surface area contributed by atoms with Crippen molar-refractivity contribution in [3.8, 4) is 5.75 Å². The van der Waals surface area contributed by atoms with E-state index in [0.29, 0.717) is 23.9 Å². The Bertz CT molecular complexity index is 865. The SMILES string of the molecule is CC(NS(=O)(=O)CCn1ccc(N)n1)c1ccc(F)c(OCC2CC2)c1. The number of anilines is 1. The summed E-state index contributed by atoms with van der Waals surface area (Å²) in [6.45, 7) is 2.40. The maximum absolute atomic E-state index is 13.9. The quantitative estimate of drug-likeness (QED) is 0.692. The minimum absolute atomic E-state index is 0.134. The number of halogens is 1. The van der Waals surface area contributed by atoms with Gasteiger partial charge in [-0.2, -0.15) is 5.10 Å². The van der Waals surface area contributed by atoms with Crippen LogP contribution in [0, 0.1) is 11.7 Å². The van der Waals surface area contributed by atoms with Crippen LogP contribution in [0.15, 0.2) is 30.5 Å². The zero-order chi connectivity index (χ0) is 18.7. The number of hydrogen-bond acceptors (Lipinski definition) is 5. The molecule has 1 aromatic carbocycles. The maximum atomic E-state index is 13.9. The van der Waals surface area contributed by atoms with E-state index >= 15 is 0 Å². The Morgan fingerprint density at radius 1 is 1.42 bits per heavy atom. The lowest BCUT2D eigenvalue weighted by Crippen LogP contribution is -2.31. The van der Waals surface area contributed by atoms with Gasteiger partial charge in [-0.1, -0.05) is 6.07 Å². The first-order chi connectivity index (χ1) is 12.3. The number of sulfonamides is 1. The van der Waals surface area contributed by atoms with E-state index < -0.39 is 21.9 Å². The van der Waals surface area contributed by atoms with Gasteiger partial charge in [-0.15, -0.1) is 0 Å². The number of benzene rings is 1. The van der Waals surface area contributed by atoms with Gasteiger partial charge in [-0.25, -0.2) is 17.5 Å². The van der Waals surface area contributed by atoms with E-state index in [4.69, 9.17) is 10.5 Å². The number of aryl methyl sites for hydroxylation is 1. The summed E-state index contributed by atoms with van der Waals surface area (Å²) in [6, 6.07) is 5.51. The Morgan fingerprint density at radius 3 is 2.85 bits per heavy atom. The summed E-state index contributed by atoms with van der Waals surface area (Å²) in [5, 5.41) is 3.96. The topological polar surface area (TPSA) is 99.2 Å². The molecular formula is C17H23FN4O3S. The average Bonchev–Trinajstić information content (AvgIpc) is 3.32. The van der Waals surface area contributed by atoms with Crippen molar-refractivity contribution in [2.75, 3.05) is 18.1 Å². The maximum Gasteiger partial charge on any atom is 0.213 e. The highest BCUT2D eigenvalue weighted by Gasteiger charge is 2.23. The fourth-order valence-corrected chi connectivity index (χ4v) is 3.72. The predicted octanol–water partition coefficient (Wildman–Crippen LogP) is 2.07. The van der Waals surface area contributed by atoms with Gasteiger partial charge in [0.05, 0.1) is 18.9 Å². The van der Waals surface area contributed by atoms with E-state index in [0.717, 1.165) is 12.8 Å². The Balaban J connectivity index is 1.60. The molecule has 3 rings (SSSR count). The van der Waals surface area contributed by atoms with Crippen molar-refractivity contribution in [1.82, 2.24) is 14.5 Å². The molecule has 9 heteroatoms. The van der Waals surface area contributed by atoms with E-state index in [9.17, 15) is 12.8 Å². The third kappa shape index (κ3) is 5.18. The summed E-state index contributed by atoms with van der Waals surface area (Å²) in [5.41, 5.74) is 6.15. The third-order valence-corrected chi connectivity index (χ3v) is 5.67. The molecule has 0 radical (unpaired) electrons. The van der Waals surface area contributed by atoms with Crippen molar-refractivity contribution < 1.29 is 17.5 Å². The van der Waals surface area contributed by atoms with Crippen LogP contribution in [0.1, 0.15) is 31.4 Å². The predicted molar refractivity (Wildman–Crippen MR) is 96.6 cm³/mol. The molecule has 1 saturated carbocycles. The minimum atomic E-state index is -3.54. The normalized spacial score (nSPS) is 15.8. The summed E-state index contributed by atoms with van der Waals surface area (Å²) in [7, 11) is -3.54. The van der Waals surface area contributed by atoms with Crippen LogP contribution in [-0.4, -0.2) is 30.6 Å². The Hall–Kier alpha value is -2.13. The zero-order valence-electron chi connectivity index (χ0n) is 14.6. The molecule has 1 aromatic heterocycles. The van der Waals surface area contributed by atoms with Gasteiger partial charge in [-0.05, 0) is 49.4 Å². The van der Waals surface area contributed by atoms with Crippen LogP contribution < -0.4 is 15.2 Å². The number of nitrogens with zero attached hydrogens (tertiary/aromatic N) is 2. The summed E-state index contributed by atoms with van der Waals surface area (Å²) in [5.74, 6) is 0.428. The number of nitrogens with two attached hydrogens (primary N) is 1. The number of ether oxygens (including phenoxy) is 1. The first-order valence-electron chi connectivity index (χ1n) is 8.53. The molecule has 1 atom stereocenters. The highest BCUT2D eigenvalue weighted by atomic mass is 32.2. The lowest BCUT2D eigenvalue weighted by molar-refractivity contribution is 0.285. The summed E-state index contributed by atoms with van der Waals surface area (Å²) in [4.78, 5) is 0. The lowest BCUT2D eigenvalue weighted by Gasteiger charge is -2.16. The molecular weight excluding hydrogens is 359 g/mol. The summed E-state index contributed by atoms with van der Waals surface area (Å²) in [6.07, 6.45) is 3.84. The molecule has 0 bridgehead atoms. The van der Waals surface area contributed by atoms with Gasteiger partial charge in [-0.3, -0.25) is 4.68 Å². The molecule has 3 N–H and O–H groups in total. The van der Waals surface area contributed by atoms with Crippen molar-refractivity contribution in [1.29, 1.82) is 0 Å². The smallest absolute Gasteiger partial charge is 0.213 e. The molecule has 1 aliphatic rings. The van der Waals surface area contributed by atoms with Gasteiger partial charge in [0.15, 0.2) is 11.6 Å². The molecule has 142 valence electrons. The summed E-state index contributed by atoms with van der Waals surface area (Å²) >= 11 is 0. The van der Waals surface area contributed by atoms with E-state index in [1.165, 1.54) is 10.7 Å². The fourth-order valence-electron chi connectivity index (χ4n) is 2.50. The number of rotatable bonds is 9. The fraction of sp³-hybridized carbons (Fsp3) is 0.471. The molecule has 0 spiro atoms.